The van der Waals surface area contributed by atoms with E-state index in [4.69, 9.17) is 10.5 Å². The summed E-state index contributed by atoms with van der Waals surface area (Å²) in [4.78, 5) is 0. The molecule has 0 aliphatic carbocycles. The topological polar surface area (TPSA) is 35.2 Å². The maximum absolute atomic E-state index is 6.25. The predicted octanol–water partition coefficient (Wildman–Crippen LogP) is 3.81. The van der Waals surface area contributed by atoms with E-state index in [-0.39, 0.29) is 6.04 Å². The average Bonchev–Trinajstić information content (AvgIpc) is 2.43. The van der Waals surface area contributed by atoms with Gasteiger partial charge in [0.15, 0.2) is 0 Å². The van der Waals surface area contributed by atoms with Gasteiger partial charge in [-0.3, -0.25) is 0 Å². The van der Waals surface area contributed by atoms with Crippen molar-refractivity contribution in [2.24, 2.45) is 5.73 Å². The summed E-state index contributed by atoms with van der Waals surface area (Å²) >= 11 is 0. The van der Waals surface area contributed by atoms with Crippen molar-refractivity contribution in [1.29, 1.82) is 0 Å². The molecule has 1 atom stereocenters. The molecule has 0 heterocycles. The molecule has 0 unspecified atom stereocenters. The third-order valence-electron chi connectivity index (χ3n) is 3.22. The van der Waals surface area contributed by atoms with E-state index in [9.17, 15) is 0 Å². The second-order valence-electron chi connectivity index (χ2n) is 4.38. The van der Waals surface area contributed by atoms with Crippen LogP contribution < -0.4 is 10.5 Å². The highest BCUT2D eigenvalue weighted by atomic mass is 16.5. The first-order valence-electron chi connectivity index (χ1n) is 6.20. The van der Waals surface area contributed by atoms with Gasteiger partial charge in [-0.1, -0.05) is 36.4 Å². The van der Waals surface area contributed by atoms with Crippen LogP contribution in [0.3, 0.4) is 0 Å². The Bertz CT molecular complexity index is 548. The Balaban J connectivity index is 2.48. The largest absolute Gasteiger partial charge is 0.496 e. The Morgan fingerprint density at radius 3 is 2.61 bits per heavy atom. The molecule has 0 aliphatic heterocycles. The molecule has 0 saturated carbocycles. The quantitative estimate of drug-likeness (QED) is 0.808. The average molecular weight is 241 g/mol. The van der Waals surface area contributed by atoms with E-state index in [0.29, 0.717) is 0 Å². The smallest absolute Gasteiger partial charge is 0.126 e. The predicted molar refractivity (Wildman–Crippen MR) is 76.9 cm³/mol. The van der Waals surface area contributed by atoms with E-state index < -0.39 is 0 Å². The van der Waals surface area contributed by atoms with E-state index in [1.54, 1.807) is 7.11 Å². The molecule has 0 spiro atoms. The second-order valence-corrected chi connectivity index (χ2v) is 4.38. The summed E-state index contributed by atoms with van der Waals surface area (Å²) in [5.74, 6) is 0.894. The molecule has 2 rings (SSSR count). The molecule has 0 aliphatic rings. The number of allylic oxidation sites excluding steroid dienone is 1. The monoisotopic (exact) mass is 241 g/mol. The fraction of sp³-hybridized carbons (Fsp3) is 0.250. The van der Waals surface area contributed by atoms with Crippen LogP contribution in [-0.2, 0) is 0 Å². The van der Waals surface area contributed by atoms with Gasteiger partial charge in [-0.05, 0) is 29.9 Å². The Hall–Kier alpha value is -1.80. The number of hydrogen-bond donors (Lipinski definition) is 1. The van der Waals surface area contributed by atoms with E-state index in [2.05, 4.69) is 24.8 Å². The number of ether oxygens (including phenoxy) is 1. The molecule has 0 aromatic heterocycles. The first-order valence-corrected chi connectivity index (χ1v) is 6.20. The van der Waals surface area contributed by atoms with Crippen molar-refractivity contribution in [1.82, 2.24) is 0 Å². The molecule has 2 N–H and O–H groups in total. The van der Waals surface area contributed by atoms with Crippen LogP contribution in [0.2, 0.25) is 0 Å². The lowest BCUT2D eigenvalue weighted by Crippen LogP contribution is -2.10. The van der Waals surface area contributed by atoms with Crippen molar-refractivity contribution in [2.45, 2.75) is 18.9 Å². The first-order chi connectivity index (χ1) is 8.77. The van der Waals surface area contributed by atoms with Gasteiger partial charge in [-0.15, -0.1) is 6.58 Å². The lowest BCUT2D eigenvalue weighted by molar-refractivity contribution is 0.419. The molecule has 2 aromatic rings. The van der Waals surface area contributed by atoms with Crippen molar-refractivity contribution in [2.75, 3.05) is 7.11 Å². The zero-order valence-corrected chi connectivity index (χ0v) is 10.7. The molecule has 0 amide bonds. The normalized spacial score (nSPS) is 12.3. The van der Waals surface area contributed by atoms with Gasteiger partial charge in [0.25, 0.3) is 0 Å². The fourth-order valence-electron chi connectivity index (χ4n) is 2.25. The molecule has 0 saturated heterocycles. The van der Waals surface area contributed by atoms with Crippen LogP contribution in [0.5, 0.6) is 5.75 Å². The van der Waals surface area contributed by atoms with Crippen LogP contribution in [0.25, 0.3) is 10.8 Å². The number of rotatable bonds is 5. The molecular formula is C16H19NO. The summed E-state index contributed by atoms with van der Waals surface area (Å²) < 4.78 is 5.39. The third kappa shape index (κ3) is 2.39. The van der Waals surface area contributed by atoms with Gasteiger partial charge < -0.3 is 10.5 Å². The number of hydrogen-bond acceptors (Lipinski definition) is 2. The molecule has 18 heavy (non-hydrogen) atoms. The van der Waals surface area contributed by atoms with Gasteiger partial charge in [0, 0.05) is 11.4 Å². The summed E-state index contributed by atoms with van der Waals surface area (Å²) in [7, 11) is 1.69. The number of methoxy groups -OCH3 is 1. The minimum atomic E-state index is 0.0406. The Kier molecular flexibility index (Phi) is 4.00. The molecule has 94 valence electrons. The summed E-state index contributed by atoms with van der Waals surface area (Å²) in [6.45, 7) is 3.74. The zero-order chi connectivity index (χ0) is 13.0. The van der Waals surface area contributed by atoms with Crippen LogP contribution in [0.1, 0.15) is 24.4 Å². The minimum absolute atomic E-state index is 0.0406. The number of fused-ring (bicyclic) bond motifs is 1. The summed E-state index contributed by atoms with van der Waals surface area (Å²) in [5, 5.41) is 2.29. The van der Waals surface area contributed by atoms with Crippen molar-refractivity contribution < 1.29 is 4.74 Å². The molecule has 0 bridgehead atoms. The summed E-state index contributed by atoms with van der Waals surface area (Å²) in [6.07, 6.45) is 3.76. The molecular weight excluding hydrogens is 222 g/mol. The Labute approximate surface area is 108 Å². The number of benzene rings is 2. The van der Waals surface area contributed by atoms with Gasteiger partial charge in [-0.2, -0.15) is 0 Å². The molecule has 2 heteroatoms. The highest BCUT2D eigenvalue weighted by molar-refractivity contribution is 5.91. The van der Waals surface area contributed by atoms with Crippen LogP contribution in [-0.4, -0.2) is 7.11 Å². The van der Waals surface area contributed by atoms with Crippen molar-refractivity contribution in [3.05, 3.63) is 54.6 Å². The van der Waals surface area contributed by atoms with Gasteiger partial charge >= 0.3 is 0 Å². The van der Waals surface area contributed by atoms with E-state index in [1.807, 2.05) is 24.3 Å². The lowest BCUT2D eigenvalue weighted by atomic mass is 9.96. The minimum Gasteiger partial charge on any atom is -0.496 e. The fourth-order valence-corrected chi connectivity index (χ4v) is 2.25. The Morgan fingerprint density at radius 1 is 1.22 bits per heavy atom. The van der Waals surface area contributed by atoms with Crippen molar-refractivity contribution in [3.63, 3.8) is 0 Å². The SMILES string of the molecule is C=CCC[C@H](N)c1ccc(OC)c2ccccc12. The Morgan fingerprint density at radius 2 is 1.94 bits per heavy atom. The van der Waals surface area contributed by atoms with Gasteiger partial charge in [0.2, 0.25) is 0 Å². The number of nitrogens with two attached hydrogens (primary N) is 1. The van der Waals surface area contributed by atoms with Crippen LogP contribution in [0.15, 0.2) is 49.1 Å². The van der Waals surface area contributed by atoms with E-state index >= 15 is 0 Å². The molecule has 0 fully saturated rings. The van der Waals surface area contributed by atoms with Gasteiger partial charge in [-0.25, -0.2) is 0 Å². The second kappa shape index (κ2) is 5.69. The third-order valence-corrected chi connectivity index (χ3v) is 3.22. The maximum atomic E-state index is 6.25. The lowest BCUT2D eigenvalue weighted by Gasteiger charge is -2.15. The highest BCUT2D eigenvalue weighted by Crippen LogP contribution is 2.32. The van der Waals surface area contributed by atoms with E-state index in [1.165, 1.54) is 10.9 Å². The standard InChI is InChI=1S/C16H19NO/c1-3-4-9-15(17)13-10-11-16(18-2)14-8-6-5-7-12(13)14/h3,5-8,10-11,15H,1,4,9,17H2,2H3/t15-/m0/s1. The van der Waals surface area contributed by atoms with Gasteiger partial charge in [0.1, 0.15) is 5.75 Å². The molecule has 2 aromatic carbocycles. The van der Waals surface area contributed by atoms with Gasteiger partial charge in [0.05, 0.1) is 7.11 Å². The first kappa shape index (κ1) is 12.7. The molecule has 2 nitrogen and oxygen atoms in total. The van der Waals surface area contributed by atoms with Crippen LogP contribution in [0.4, 0.5) is 0 Å². The summed E-state index contributed by atoms with van der Waals surface area (Å²) in [5.41, 5.74) is 7.42. The molecule has 0 radical (unpaired) electrons. The van der Waals surface area contributed by atoms with Crippen molar-refractivity contribution in [3.8, 4) is 5.75 Å². The van der Waals surface area contributed by atoms with Crippen LogP contribution in [0, 0.1) is 0 Å². The van der Waals surface area contributed by atoms with Crippen LogP contribution >= 0.6 is 0 Å². The maximum Gasteiger partial charge on any atom is 0.126 e. The van der Waals surface area contributed by atoms with Crippen molar-refractivity contribution >= 4 is 10.8 Å². The highest BCUT2D eigenvalue weighted by Gasteiger charge is 2.11. The zero-order valence-electron chi connectivity index (χ0n) is 10.7. The van der Waals surface area contributed by atoms with E-state index in [0.717, 1.165) is 24.0 Å². The summed E-state index contributed by atoms with van der Waals surface area (Å²) in [6, 6.07) is 12.3.